The summed E-state index contributed by atoms with van der Waals surface area (Å²) in [4.78, 5) is 14.2. The molecule has 2 heterocycles. The van der Waals surface area contributed by atoms with Crippen molar-refractivity contribution in [1.82, 2.24) is 15.0 Å². The highest BCUT2D eigenvalue weighted by Gasteiger charge is 2.18. The normalized spacial score (nSPS) is 11.3. The highest BCUT2D eigenvalue weighted by atomic mass is 19.1. The summed E-state index contributed by atoms with van der Waals surface area (Å²) in [5, 5.41) is 2.07. The number of benzene rings is 5. The minimum absolute atomic E-state index is 0.272. The van der Waals surface area contributed by atoms with Gasteiger partial charge in [0.15, 0.2) is 17.5 Å². The second kappa shape index (κ2) is 9.05. The molecule has 5 aromatic carbocycles. The van der Waals surface area contributed by atoms with E-state index in [9.17, 15) is 0 Å². The van der Waals surface area contributed by atoms with E-state index >= 15 is 4.39 Å². The molecule has 0 N–H and O–H groups in total. The molecule has 0 aliphatic heterocycles. The average Bonchev–Trinajstić information content (AvgIpc) is 3.36. The van der Waals surface area contributed by atoms with Gasteiger partial charge in [-0.25, -0.2) is 19.3 Å². The van der Waals surface area contributed by atoms with Gasteiger partial charge in [0.25, 0.3) is 0 Å². The van der Waals surface area contributed by atoms with Crippen LogP contribution in [0.25, 0.3) is 67.2 Å². The quantitative estimate of drug-likeness (QED) is 0.246. The molecule has 0 atom stereocenters. The maximum atomic E-state index is 15.9. The van der Waals surface area contributed by atoms with E-state index in [2.05, 4.69) is 0 Å². The first-order valence-corrected chi connectivity index (χ1v) is 12.3. The molecule has 0 bridgehead atoms. The Balaban J connectivity index is 1.43. The Morgan fingerprint density at radius 3 is 1.84 bits per heavy atom. The number of fused-ring (bicyclic) bond motifs is 3. The molecule has 0 saturated heterocycles. The van der Waals surface area contributed by atoms with Crippen LogP contribution in [0.4, 0.5) is 4.39 Å². The monoisotopic (exact) mass is 493 g/mol. The van der Waals surface area contributed by atoms with Crippen molar-refractivity contribution < 1.29 is 8.81 Å². The highest BCUT2D eigenvalue weighted by molar-refractivity contribution is 6.05. The molecule has 0 radical (unpaired) electrons. The summed E-state index contributed by atoms with van der Waals surface area (Å²) >= 11 is 0. The van der Waals surface area contributed by atoms with Crippen LogP contribution in [-0.2, 0) is 0 Å². The van der Waals surface area contributed by atoms with Gasteiger partial charge in [-0.15, -0.1) is 0 Å². The average molecular weight is 494 g/mol. The molecule has 0 aliphatic carbocycles. The third-order valence-electron chi connectivity index (χ3n) is 6.63. The van der Waals surface area contributed by atoms with Gasteiger partial charge in [0.2, 0.25) is 0 Å². The van der Waals surface area contributed by atoms with Crippen LogP contribution in [0.3, 0.4) is 0 Å². The zero-order valence-corrected chi connectivity index (χ0v) is 20.2. The van der Waals surface area contributed by atoms with Crippen molar-refractivity contribution >= 4 is 21.9 Å². The van der Waals surface area contributed by atoms with E-state index in [1.54, 1.807) is 12.1 Å². The maximum absolute atomic E-state index is 15.9. The van der Waals surface area contributed by atoms with Crippen molar-refractivity contribution in [2.45, 2.75) is 0 Å². The Morgan fingerprint density at radius 2 is 1.05 bits per heavy atom. The summed E-state index contributed by atoms with van der Waals surface area (Å²) < 4.78 is 22.0. The molecule has 0 aliphatic rings. The molecule has 0 saturated carbocycles. The number of para-hydroxylation sites is 1. The molecule has 5 heteroatoms. The lowest BCUT2D eigenvalue weighted by atomic mass is 10.0. The van der Waals surface area contributed by atoms with Gasteiger partial charge >= 0.3 is 0 Å². The second-order valence-electron chi connectivity index (χ2n) is 9.01. The van der Waals surface area contributed by atoms with E-state index in [4.69, 9.17) is 19.4 Å². The van der Waals surface area contributed by atoms with Crippen LogP contribution in [0.5, 0.6) is 0 Å². The molecule has 2 aromatic heterocycles. The van der Waals surface area contributed by atoms with Crippen molar-refractivity contribution in [1.29, 1.82) is 0 Å². The van der Waals surface area contributed by atoms with E-state index < -0.39 is 0 Å². The Morgan fingerprint density at radius 1 is 0.447 bits per heavy atom. The van der Waals surface area contributed by atoms with E-state index in [1.807, 2.05) is 109 Å². The van der Waals surface area contributed by atoms with Crippen LogP contribution in [-0.4, -0.2) is 15.0 Å². The predicted octanol–water partition coefficient (Wildman–Crippen LogP) is 8.58. The standard InChI is InChI=1S/C33H20FN3O/c34-30-24(21-10-3-1-4-11-21)15-9-16-27(30)33-36-31(22-12-5-2-6-13-22)35-32(37-33)23-18-19-26-25-14-7-8-17-28(25)38-29(26)20-23/h1-20H. The minimum Gasteiger partial charge on any atom is -0.456 e. The van der Waals surface area contributed by atoms with Gasteiger partial charge in [0.05, 0.1) is 5.56 Å². The van der Waals surface area contributed by atoms with Crippen molar-refractivity contribution in [3.8, 4) is 45.3 Å². The summed E-state index contributed by atoms with van der Waals surface area (Å²) in [7, 11) is 0. The minimum atomic E-state index is -0.373. The zero-order valence-electron chi connectivity index (χ0n) is 20.2. The number of nitrogens with zero attached hydrogens (tertiary/aromatic N) is 3. The van der Waals surface area contributed by atoms with Crippen molar-refractivity contribution in [2.75, 3.05) is 0 Å². The highest BCUT2D eigenvalue weighted by Crippen LogP contribution is 2.34. The van der Waals surface area contributed by atoms with E-state index in [0.717, 1.165) is 38.6 Å². The molecular weight excluding hydrogens is 473 g/mol. The van der Waals surface area contributed by atoms with Crippen molar-refractivity contribution in [3.05, 3.63) is 127 Å². The molecule has 4 nitrogen and oxygen atoms in total. The first-order valence-electron chi connectivity index (χ1n) is 12.3. The molecule has 0 amide bonds. The first-order chi connectivity index (χ1) is 18.7. The van der Waals surface area contributed by atoms with E-state index in [1.165, 1.54) is 0 Å². The Kier molecular flexibility index (Phi) is 5.26. The number of aromatic nitrogens is 3. The van der Waals surface area contributed by atoms with E-state index in [-0.39, 0.29) is 11.6 Å². The summed E-state index contributed by atoms with van der Waals surface area (Å²) in [6, 6.07) is 38.3. The lowest BCUT2D eigenvalue weighted by Crippen LogP contribution is -2.02. The van der Waals surface area contributed by atoms with Crippen LogP contribution in [0.1, 0.15) is 0 Å². The zero-order chi connectivity index (χ0) is 25.5. The second-order valence-corrected chi connectivity index (χ2v) is 9.01. The van der Waals surface area contributed by atoms with E-state index in [0.29, 0.717) is 22.8 Å². The molecule has 0 fully saturated rings. The molecule has 7 rings (SSSR count). The van der Waals surface area contributed by atoms with Gasteiger partial charge < -0.3 is 4.42 Å². The van der Waals surface area contributed by atoms with Crippen LogP contribution < -0.4 is 0 Å². The summed E-state index contributed by atoms with van der Waals surface area (Å²) in [5.41, 5.74) is 4.75. The fourth-order valence-corrected chi connectivity index (χ4v) is 4.75. The van der Waals surface area contributed by atoms with Gasteiger partial charge in [-0.05, 0) is 29.8 Å². The van der Waals surface area contributed by atoms with Crippen LogP contribution in [0, 0.1) is 5.82 Å². The molecule has 0 spiro atoms. The summed E-state index contributed by atoms with van der Waals surface area (Å²) in [6.45, 7) is 0. The fourth-order valence-electron chi connectivity index (χ4n) is 4.75. The predicted molar refractivity (Wildman–Crippen MR) is 149 cm³/mol. The van der Waals surface area contributed by atoms with Gasteiger partial charge in [-0.2, -0.15) is 0 Å². The lowest BCUT2D eigenvalue weighted by molar-refractivity contribution is 0.633. The largest absolute Gasteiger partial charge is 0.456 e. The third-order valence-corrected chi connectivity index (χ3v) is 6.63. The van der Waals surface area contributed by atoms with Crippen molar-refractivity contribution in [2.24, 2.45) is 0 Å². The maximum Gasteiger partial charge on any atom is 0.167 e. The van der Waals surface area contributed by atoms with Crippen LogP contribution in [0.2, 0.25) is 0 Å². The van der Waals surface area contributed by atoms with Gasteiger partial charge in [0, 0.05) is 27.5 Å². The number of rotatable bonds is 4. The van der Waals surface area contributed by atoms with Gasteiger partial charge in [0.1, 0.15) is 17.0 Å². The number of furan rings is 1. The summed E-state index contributed by atoms with van der Waals surface area (Å²) in [5.74, 6) is 0.817. The topological polar surface area (TPSA) is 51.8 Å². The summed E-state index contributed by atoms with van der Waals surface area (Å²) in [6.07, 6.45) is 0. The van der Waals surface area contributed by atoms with Gasteiger partial charge in [-0.1, -0.05) is 97.1 Å². The van der Waals surface area contributed by atoms with Crippen LogP contribution >= 0.6 is 0 Å². The number of hydrogen-bond donors (Lipinski definition) is 0. The van der Waals surface area contributed by atoms with Crippen molar-refractivity contribution in [3.63, 3.8) is 0 Å². The van der Waals surface area contributed by atoms with Gasteiger partial charge in [-0.3, -0.25) is 0 Å². The SMILES string of the molecule is Fc1c(-c2ccccc2)cccc1-c1nc(-c2ccccc2)nc(-c2ccc3c(c2)oc2ccccc23)n1. The van der Waals surface area contributed by atoms with Crippen LogP contribution in [0.15, 0.2) is 126 Å². The molecule has 180 valence electrons. The third kappa shape index (κ3) is 3.82. The first kappa shape index (κ1) is 22.1. The Bertz CT molecular complexity index is 1930. The Hall–Kier alpha value is -5.16. The molecule has 7 aromatic rings. The number of hydrogen-bond acceptors (Lipinski definition) is 4. The smallest absolute Gasteiger partial charge is 0.167 e. The molecular formula is C33H20FN3O. The number of halogens is 1. The lowest BCUT2D eigenvalue weighted by Gasteiger charge is -2.11. The molecule has 0 unspecified atom stereocenters. The molecule has 38 heavy (non-hydrogen) atoms. The Labute approximate surface area is 218 Å². The fraction of sp³-hybridized carbons (Fsp3) is 0.